The number of rotatable bonds is 7. The van der Waals surface area contributed by atoms with Crippen LogP contribution in [0.15, 0.2) is 0 Å². The molecule has 4 heteroatoms. The molecule has 4 nitrogen and oxygen atoms in total. The number of nitrogens with one attached hydrogen (secondary N) is 1. The van der Waals surface area contributed by atoms with Crippen LogP contribution in [0.1, 0.15) is 12.8 Å². The van der Waals surface area contributed by atoms with E-state index in [2.05, 4.69) is 10.2 Å². The summed E-state index contributed by atoms with van der Waals surface area (Å²) < 4.78 is 5.02. The monoisotopic (exact) mass is 202 g/mol. The Morgan fingerprint density at radius 1 is 1.57 bits per heavy atom. The summed E-state index contributed by atoms with van der Waals surface area (Å²) in [6.45, 7) is 5.23. The van der Waals surface area contributed by atoms with Gasteiger partial charge < -0.3 is 20.1 Å². The van der Waals surface area contributed by atoms with Gasteiger partial charge in [-0.05, 0) is 19.4 Å². The molecular weight excluding hydrogens is 180 g/mol. The maximum atomic E-state index is 8.67. The van der Waals surface area contributed by atoms with Crippen molar-refractivity contribution in [1.82, 2.24) is 10.2 Å². The van der Waals surface area contributed by atoms with Crippen LogP contribution in [-0.4, -0.2) is 62.6 Å². The summed E-state index contributed by atoms with van der Waals surface area (Å²) in [6, 6.07) is 0.574. The molecule has 84 valence electrons. The number of aliphatic hydroxyl groups is 1. The lowest BCUT2D eigenvalue weighted by molar-refractivity contribution is 0.178. The number of methoxy groups -OCH3 is 1. The third kappa shape index (κ3) is 4.37. The van der Waals surface area contributed by atoms with Crippen LogP contribution in [0.25, 0.3) is 0 Å². The van der Waals surface area contributed by atoms with E-state index >= 15 is 0 Å². The Bertz CT molecular complexity index is 144. The highest BCUT2D eigenvalue weighted by Gasteiger charge is 2.20. The second kappa shape index (κ2) is 7.17. The molecule has 14 heavy (non-hydrogen) atoms. The van der Waals surface area contributed by atoms with E-state index in [1.54, 1.807) is 7.11 Å². The van der Waals surface area contributed by atoms with Crippen molar-refractivity contribution in [2.24, 2.45) is 0 Å². The van der Waals surface area contributed by atoms with Gasteiger partial charge in [-0.25, -0.2) is 0 Å². The molecule has 1 atom stereocenters. The Kier molecular flexibility index (Phi) is 6.10. The third-order valence-corrected chi connectivity index (χ3v) is 2.64. The van der Waals surface area contributed by atoms with Gasteiger partial charge in [0.1, 0.15) is 0 Å². The van der Waals surface area contributed by atoms with Crippen molar-refractivity contribution < 1.29 is 9.84 Å². The van der Waals surface area contributed by atoms with E-state index in [1.807, 2.05) is 0 Å². The van der Waals surface area contributed by atoms with Crippen molar-refractivity contribution in [2.75, 3.05) is 46.5 Å². The van der Waals surface area contributed by atoms with Crippen LogP contribution in [0.5, 0.6) is 0 Å². The molecule has 2 N–H and O–H groups in total. The van der Waals surface area contributed by atoms with Crippen LogP contribution in [0.2, 0.25) is 0 Å². The lowest BCUT2D eigenvalue weighted by Gasteiger charge is -2.15. The molecule has 1 unspecified atom stereocenters. The Morgan fingerprint density at radius 3 is 3.14 bits per heavy atom. The van der Waals surface area contributed by atoms with Gasteiger partial charge in [-0.1, -0.05) is 0 Å². The fourth-order valence-corrected chi connectivity index (χ4v) is 1.90. The Labute approximate surface area is 86.2 Å². The minimum atomic E-state index is 0.236. The molecule has 1 saturated heterocycles. The van der Waals surface area contributed by atoms with Gasteiger partial charge >= 0.3 is 0 Å². The highest BCUT2D eigenvalue weighted by Crippen LogP contribution is 2.08. The van der Waals surface area contributed by atoms with Crippen molar-refractivity contribution in [3.63, 3.8) is 0 Å². The first kappa shape index (κ1) is 11.9. The number of aliphatic hydroxyl groups excluding tert-OH is 1. The predicted molar refractivity (Wildman–Crippen MR) is 56.4 cm³/mol. The Hall–Kier alpha value is -0.160. The standard InChI is InChI=1S/C10H22N2O2/c1-14-8-2-5-12-6-3-10(9-12)11-4-7-13/h10-11,13H,2-9H2,1H3. The lowest BCUT2D eigenvalue weighted by Crippen LogP contribution is -2.34. The van der Waals surface area contributed by atoms with E-state index in [0.29, 0.717) is 6.04 Å². The number of hydrogen-bond donors (Lipinski definition) is 2. The smallest absolute Gasteiger partial charge is 0.0556 e. The zero-order chi connectivity index (χ0) is 10.2. The van der Waals surface area contributed by atoms with Crippen LogP contribution in [0.4, 0.5) is 0 Å². The zero-order valence-corrected chi connectivity index (χ0v) is 9.04. The summed E-state index contributed by atoms with van der Waals surface area (Å²) >= 11 is 0. The summed E-state index contributed by atoms with van der Waals surface area (Å²) in [5.74, 6) is 0. The number of likely N-dealkylation sites (tertiary alicyclic amines) is 1. The second-order valence-electron chi connectivity index (χ2n) is 3.81. The summed E-state index contributed by atoms with van der Waals surface area (Å²) in [7, 11) is 1.75. The first-order valence-corrected chi connectivity index (χ1v) is 5.42. The molecule has 1 aliphatic heterocycles. The van der Waals surface area contributed by atoms with Crippen LogP contribution in [0, 0.1) is 0 Å². The summed E-state index contributed by atoms with van der Waals surface area (Å²) in [5, 5.41) is 12.0. The summed E-state index contributed by atoms with van der Waals surface area (Å²) in [5.41, 5.74) is 0. The fourth-order valence-electron chi connectivity index (χ4n) is 1.90. The quantitative estimate of drug-likeness (QED) is 0.555. The van der Waals surface area contributed by atoms with E-state index in [-0.39, 0.29) is 6.61 Å². The van der Waals surface area contributed by atoms with Gasteiger partial charge in [-0.2, -0.15) is 0 Å². The minimum absolute atomic E-state index is 0.236. The number of nitrogens with zero attached hydrogens (tertiary/aromatic N) is 1. The van der Waals surface area contributed by atoms with Crippen LogP contribution < -0.4 is 5.32 Å². The highest BCUT2D eigenvalue weighted by molar-refractivity contribution is 4.80. The van der Waals surface area contributed by atoms with Gasteiger partial charge in [-0.15, -0.1) is 0 Å². The van der Waals surface area contributed by atoms with Gasteiger partial charge in [0.05, 0.1) is 6.61 Å². The average molecular weight is 202 g/mol. The van der Waals surface area contributed by atoms with Crippen LogP contribution in [0.3, 0.4) is 0 Å². The number of ether oxygens (including phenoxy) is 1. The van der Waals surface area contributed by atoms with E-state index < -0.39 is 0 Å². The second-order valence-corrected chi connectivity index (χ2v) is 3.81. The normalized spacial score (nSPS) is 23.1. The van der Waals surface area contributed by atoms with Crippen molar-refractivity contribution in [3.05, 3.63) is 0 Å². The lowest BCUT2D eigenvalue weighted by atomic mass is 10.3. The predicted octanol–water partition coefficient (Wildman–Crippen LogP) is -0.321. The third-order valence-electron chi connectivity index (χ3n) is 2.64. The van der Waals surface area contributed by atoms with Gasteiger partial charge in [-0.3, -0.25) is 0 Å². The molecule has 0 bridgehead atoms. The molecule has 1 heterocycles. The zero-order valence-electron chi connectivity index (χ0n) is 9.04. The van der Waals surface area contributed by atoms with Crippen molar-refractivity contribution >= 4 is 0 Å². The van der Waals surface area contributed by atoms with Crippen LogP contribution in [-0.2, 0) is 4.74 Å². The minimum Gasteiger partial charge on any atom is -0.395 e. The van der Waals surface area contributed by atoms with Gasteiger partial charge in [0, 0.05) is 39.4 Å². The molecule has 0 saturated carbocycles. The first-order valence-electron chi connectivity index (χ1n) is 5.42. The molecule has 1 fully saturated rings. The Morgan fingerprint density at radius 2 is 2.43 bits per heavy atom. The molecule has 1 aliphatic rings. The molecule has 0 amide bonds. The molecule has 0 aliphatic carbocycles. The van der Waals surface area contributed by atoms with Gasteiger partial charge in [0.25, 0.3) is 0 Å². The van der Waals surface area contributed by atoms with Crippen molar-refractivity contribution in [1.29, 1.82) is 0 Å². The molecule has 1 rings (SSSR count). The summed E-state index contributed by atoms with van der Waals surface area (Å²) in [4.78, 5) is 2.45. The highest BCUT2D eigenvalue weighted by atomic mass is 16.5. The maximum Gasteiger partial charge on any atom is 0.0556 e. The molecule has 0 aromatic rings. The molecular formula is C10H22N2O2. The van der Waals surface area contributed by atoms with Gasteiger partial charge in [0.15, 0.2) is 0 Å². The van der Waals surface area contributed by atoms with Crippen molar-refractivity contribution in [2.45, 2.75) is 18.9 Å². The van der Waals surface area contributed by atoms with Crippen molar-refractivity contribution in [3.8, 4) is 0 Å². The van der Waals surface area contributed by atoms with E-state index in [1.165, 1.54) is 13.0 Å². The molecule has 0 aromatic carbocycles. The topological polar surface area (TPSA) is 44.7 Å². The SMILES string of the molecule is COCCCN1CCC(NCCO)C1. The Balaban J connectivity index is 2.02. The summed E-state index contributed by atoms with van der Waals surface area (Å²) in [6.07, 6.45) is 2.32. The molecule has 0 aromatic heterocycles. The fraction of sp³-hybridized carbons (Fsp3) is 1.00. The molecule has 0 radical (unpaired) electrons. The van der Waals surface area contributed by atoms with Crippen LogP contribution >= 0.6 is 0 Å². The van der Waals surface area contributed by atoms with E-state index in [4.69, 9.17) is 9.84 Å². The number of hydrogen-bond acceptors (Lipinski definition) is 4. The van der Waals surface area contributed by atoms with E-state index in [0.717, 1.165) is 32.7 Å². The van der Waals surface area contributed by atoms with Gasteiger partial charge in [0.2, 0.25) is 0 Å². The first-order chi connectivity index (χ1) is 6.86. The largest absolute Gasteiger partial charge is 0.395 e. The maximum absolute atomic E-state index is 8.67. The van der Waals surface area contributed by atoms with E-state index in [9.17, 15) is 0 Å². The molecule has 0 spiro atoms. The average Bonchev–Trinajstić information content (AvgIpc) is 2.63.